The van der Waals surface area contributed by atoms with Gasteiger partial charge in [0.1, 0.15) is 0 Å². The summed E-state index contributed by atoms with van der Waals surface area (Å²) in [5.41, 5.74) is 3.04. The zero-order chi connectivity index (χ0) is 19.3. The summed E-state index contributed by atoms with van der Waals surface area (Å²) in [4.78, 5) is 2.51. The lowest BCUT2D eigenvalue weighted by Gasteiger charge is -2.31. The average molecular weight is 382 g/mol. The summed E-state index contributed by atoms with van der Waals surface area (Å²) in [7, 11) is 0. The van der Waals surface area contributed by atoms with Crippen LogP contribution in [0.25, 0.3) is 0 Å². The highest BCUT2D eigenvalue weighted by Crippen LogP contribution is 2.26. The molecule has 0 atom stereocenters. The van der Waals surface area contributed by atoms with Gasteiger partial charge in [-0.15, -0.1) is 5.10 Å². The van der Waals surface area contributed by atoms with Gasteiger partial charge in [-0.05, 0) is 55.6 Å². The molecule has 0 N–H and O–H groups in total. The minimum absolute atomic E-state index is 0.389. The summed E-state index contributed by atoms with van der Waals surface area (Å²) in [6.45, 7) is 3.60. The monoisotopic (exact) mass is 382 g/mol. The zero-order valence-electron chi connectivity index (χ0n) is 15.8. The first-order valence-electron chi connectivity index (χ1n) is 9.77. The molecule has 4 nitrogen and oxygen atoms in total. The van der Waals surface area contributed by atoms with Crippen molar-refractivity contribution in [3.8, 4) is 0 Å². The summed E-state index contributed by atoms with van der Waals surface area (Å²) in [5.74, 6) is -1.26. The molecule has 1 aliphatic heterocycles. The molecular weight excluding hydrogens is 358 g/mol. The SMILES string of the molecule is Fc1ccc(Cn2cc(C3CCN(CCc4ccccc4)CC3)nn2)cc1F. The van der Waals surface area contributed by atoms with E-state index < -0.39 is 11.6 Å². The molecule has 0 spiro atoms. The molecule has 6 heteroatoms. The fraction of sp³-hybridized carbons (Fsp3) is 0.364. The quantitative estimate of drug-likeness (QED) is 0.646. The fourth-order valence-electron chi connectivity index (χ4n) is 3.79. The van der Waals surface area contributed by atoms with E-state index in [0.29, 0.717) is 18.0 Å². The van der Waals surface area contributed by atoms with E-state index in [-0.39, 0.29) is 0 Å². The van der Waals surface area contributed by atoms with E-state index in [4.69, 9.17) is 0 Å². The first-order chi connectivity index (χ1) is 13.7. The smallest absolute Gasteiger partial charge is 0.159 e. The van der Waals surface area contributed by atoms with Gasteiger partial charge in [0.15, 0.2) is 11.6 Å². The van der Waals surface area contributed by atoms with Crippen LogP contribution in [-0.2, 0) is 13.0 Å². The normalized spacial score (nSPS) is 15.8. The highest BCUT2D eigenvalue weighted by atomic mass is 19.2. The Hall–Kier alpha value is -2.60. The Morgan fingerprint density at radius 2 is 1.71 bits per heavy atom. The topological polar surface area (TPSA) is 34.0 Å². The van der Waals surface area contributed by atoms with Crippen LogP contribution in [0.2, 0.25) is 0 Å². The van der Waals surface area contributed by atoms with E-state index >= 15 is 0 Å². The number of hydrogen-bond acceptors (Lipinski definition) is 3. The molecule has 1 aromatic heterocycles. The third kappa shape index (κ3) is 4.62. The van der Waals surface area contributed by atoms with E-state index in [9.17, 15) is 8.78 Å². The van der Waals surface area contributed by atoms with Crippen LogP contribution >= 0.6 is 0 Å². The van der Waals surface area contributed by atoms with Crippen molar-refractivity contribution in [3.05, 3.63) is 83.2 Å². The van der Waals surface area contributed by atoms with E-state index in [0.717, 1.165) is 50.7 Å². The van der Waals surface area contributed by atoms with Crippen LogP contribution in [0, 0.1) is 11.6 Å². The van der Waals surface area contributed by atoms with Gasteiger partial charge in [-0.1, -0.05) is 41.6 Å². The van der Waals surface area contributed by atoms with Crippen LogP contribution in [0.4, 0.5) is 8.78 Å². The van der Waals surface area contributed by atoms with Crippen molar-refractivity contribution < 1.29 is 8.78 Å². The van der Waals surface area contributed by atoms with E-state index in [1.54, 1.807) is 10.7 Å². The molecule has 0 bridgehead atoms. The minimum Gasteiger partial charge on any atom is -0.303 e. The van der Waals surface area contributed by atoms with Gasteiger partial charge in [-0.25, -0.2) is 13.5 Å². The average Bonchev–Trinajstić information content (AvgIpc) is 3.19. The number of likely N-dealkylation sites (tertiary alicyclic amines) is 1. The molecule has 1 aliphatic rings. The number of rotatable bonds is 6. The van der Waals surface area contributed by atoms with Crippen LogP contribution in [0.1, 0.15) is 35.6 Å². The zero-order valence-corrected chi connectivity index (χ0v) is 15.8. The molecular formula is C22H24F2N4. The maximum absolute atomic E-state index is 13.4. The maximum atomic E-state index is 13.4. The van der Waals surface area contributed by atoms with Crippen LogP contribution in [-0.4, -0.2) is 39.5 Å². The molecule has 1 saturated heterocycles. The molecule has 3 aromatic rings. The van der Waals surface area contributed by atoms with Crippen molar-refractivity contribution in [2.24, 2.45) is 0 Å². The molecule has 2 aromatic carbocycles. The highest BCUT2D eigenvalue weighted by molar-refractivity contribution is 5.18. The predicted octanol–water partition coefficient (Wildman–Crippen LogP) is 4.03. The lowest BCUT2D eigenvalue weighted by Crippen LogP contribution is -2.34. The molecule has 0 saturated carbocycles. The van der Waals surface area contributed by atoms with Crippen LogP contribution in [0.15, 0.2) is 54.7 Å². The number of aromatic nitrogens is 3. The van der Waals surface area contributed by atoms with Gasteiger partial charge >= 0.3 is 0 Å². The molecule has 0 unspecified atom stereocenters. The lowest BCUT2D eigenvalue weighted by molar-refractivity contribution is 0.213. The molecule has 146 valence electrons. The number of hydrogen-bond donors (Lipinski definition) is 0. The van der Waals surface area contributed by atoms with Crippen LogP contribution < -0.4 is 0 Å². The Morgan fingerprint density at radius 3 is 2.46 bits per heavy atom. The standard InChI is InChI=1S/C22H24F2N4/c23-20-7-6-18(14-21(20)24)15-28-16-22(25-26-28)19-9-12-27(13-10-19)11-8-17-4-2-1-3-5-17/h1-7,14,16,19H,8-13,15H2. The van der Waals surface area contributed by atoms with Gasteiger partial charge in [0.25, 0.3) is 0 Å². The molecule has 0 radical (unpaired) electrons. The van der Waals surface area contributed by atoms with Gasteiger partial charge < -0.3 is 4.90 Å². The highest BCUT2D eigenvalue weighted by Gasteiger charge is 2.22. The second kappa shape index (κ2) is 8.61. The van der Waals surface area contributed by atoms with Gasteiger partial charge in [0, 0.05) is 18.7 Å². The van der Waals surface area contributed by atoms with Gasteiger partial charge in [0.2, 0.25) is 0 Å². The second-order valence-corrected chi connectivity index (χ2v) is 7.44. The summed E-state index contributed by atoms with van der Waals surface area (Å²) < 4.78 is 28.1. The predicted molar refractivity (Wildman–Crippen MR) is 104 cm³/mol. The molecule has 1 fully saturated rings. The fourth-order valence-corrected chi connectivity index (χ4v) is 3.79. The van der Waals surface area contributed by atoms with E-state index in [2.05, 4.69) is 45.5 Å². The third-order valence-corrected chi connectivity index (χ3v) is 5.45. The van der Waals surface area contributed by atoms with Crippen LogP contribution in [0.3, 0.4) is 0 Å². The summed E-state index contributed by atoms with van der Waals surface area (Å²) >= 11 is 0. The van der Waals surface area contributed by atoms with Crippen molar-refractivity contribution in [2.75, 3.05) is 19.6 Å². The van der Waals surface area contributed by atoms with Crippen molar-refractivity contribution >= 4 is 0 Å². The lowest BCUT2D eigenvalue weighted by atomic mass is 9.94. The summed E-state index contributed by atoms with van der Waals surface area (Å²) in [6, 6.07) is 14.5. The van der Waals surface area contributed by atoms with Crippen molar-refractivity contribution in [3.63, 3.8) is 0 Å². The Kier molecular flexibility index (Phi) is 5.76. The molecule has 2 heterocycles. The Balaban J connectivity index is 1.28. The largest absolute Gasteiger partial charge is 0.303 e. The Bertz CT molecular complexity index is 902. The number of halogens is 2. The van der Waals surface area contributed by atoms with Gasteiger partial charge in [-0.3, -0.25) is 0 Å². The molecule has 28 heavy (non-hydrogen) atoms. The second-order valence-electron chi connectivity index (χ2n) is 7.44. The van der Waals surface area contributed by atoms with Crippen LogP contribution in [0.5, 0.6) is 0 Å². The van der Waals surface area contributed by atoms with Crippen molar-refractivity contribution in [1.82, 2.24) is 19.9 Å². The van der Waals surface area contributed by atoms with Crippen molar-refractivity contribution in [1.29, 1.82) is 0 Å². The van der Waals surface area contributed by atoms with E-state index in [1.807, 2.05) is 6.20 Å². The number of nitrogens with zero attached hydrogens (tertiary/aromatic N) is 4. The first-order valence-corrected chi connectivity index (χ1v) is 9.77. The number of piperidine rings is 1. The molecule has 0 aliphatic carbocycles. The Labute approximate surface area is 163 Å². The Morgan fingerprint density at radius 1 is 0.929 bits per heavy atom. The third-order valence-electron chi connectivity index (χ3n) is 5.45. The summed E-state index contributed by atoms with van der Waals surface area (Å²) in [5, 5.41) is 8.49. The minimum atomic E-state index is -0.833. The van der Waals surface area contributed by atoms with Gasteiger partial charge in [0.05, 0.1) is 12.2 Å². The number of benzene rings is 2. The molecule has 4 rings (SSSR count). The first kappa shape index (κ1) is 18.7. The van der Waals surface area contributed by atoms with E-state index in [1.165, 1.54) is 11.6 Å². The van der Waals surface area contributed by atoms with Crippen molar-refractivity contribution in [2.45, 2.75) is 31.7 Å². The maximum Gasteiger partial charge on any atom is 0.159 e. The van der Waals surface area contributed by atoms with Gasteiger partial charge in [-0.2, -0.15) is 0 Å². The molecule has 0 amide bonds. The summed E-state index contributed by atoms with van der Waals surface area (Å²) in [6.07, 6.45) is 5.15.